The van der Waals surface area contributed by atoms with E-state index in [-0.39, 0.29) is 6.10 Å². The number of ether oxygens (including phenoxy) is 1. The van der Waals surface area contributed by atoms with Gasteiger partial charge in [0.25, 0.3) is 0 Å². The first-order chi connectivity index (χ1) is 15.5. The largest absolute Gasteiger partial charge is 0.487 e. The maximum atomic E-state index is 11.4. The minimum Gasteiger partial charge on any atom is -0.487 e. The van der Waals surface area contributed by atoms with Crippen LogP contribution in [0.1, 0.15) is 23.6 Å². The Hall–Kier alpha value is -3.73. The van der Waals surface area contributed by atoms with Crippen LogP contribution in [0.15, 0.2) is 66.9 Å². The summed E-state index contributed by atoms with van der Waals surface area (Å²) in [4.78, 5) is 14.6. The molecule has 0 radical (unpaired) electrons. The van der Waals surface area contributed by atoms with Gasteiger partial charge in [-0.1, -0.05) is 37.3 Å². The normalized spacial score (nSPS) is 14.4. The van der Waals surface area contributed by atoms with E-state index in [4.69, 9.17) is 10.5 Å². The molecule has 0 fully saturated rings. The van der Waals surface area contributed by atoms with E-state index in [0.29, 0.717) is 17.9 Å². The van der Waals surface area contributed by atoms with Gasteiger partial charge in [0.15, 0.2) is 0 Å². The Morgan fingerprint density at radius 3 is 2.59 bits per heavy atom. The van der Waals surface area contributed by atoms with Crippen molar-refractivity contribution in [3.63, 3.8) is 0 Å². The molecule has 4 N–H and O–H groups in total. The van der Waals surface area contributed by atoms with Crippen molar-refractivity contribution < 1.29 is 14.6 Å². The van der Waals surface area contributed by atoms with Crippen LogP contribution in [0.2, 0.25) is 0 Å². The fourth-order valence-corrected chi connectivity index (χ4v) is 4.61. The number of carbonyl (C=O) groups is 1. The van der Waals surface area contributed by atoms with E-state index in [9.17, 15) is 9.90 Å². The quantitative estimate of drug-likeness (QED) is 0.369. The van der Waals surface area contributed by atoms with Crippen molar-refractivity contribution in [2.75, 3.05) is 5.73 Å². The van der Waals surface area contributed by atoms with Crippen LogP contribution >= 0.6 is 0 Å². The molecule has 1 aliphatic rings. The Balaban J connectivity index is 1.54. The fourth-order valence-electron chi connectivity index (χ4n) is 4.61. The van der Waals surface area contributed by atoms with Crippen LogP contribution in [0.5, 0.6) is 5.75 Å². The Morgan fingerprint density at radius 2 is 1.88 bits per heavy atom. The molecule has 32 heavy (non-hydrogen) atoms. The number of H-pyrrole nitrogens is 1. The van der Waals surface area contributed by atoms with Gasteiger partial charge in [-0.05, 0) is 64.4 Å². The minimum atomic E-state index is -0.817. The number of anilines is 1. The predicted octanol–water partition coefficient (Wildman–Crippen LogP) is 5.23. The number of aromatic nitrogens is 1. The lowest BCUT2D eigenvalue weighted by atomic mass is 9.95. The van der Waals surface area contributed by atoms with Gasteiger partial charge in [0, 0.05) is 30.1 Å². The monoisotopic (exact) mass is 426 g/mol. The molecule has 1 unspecified atom stereocenters. The number of nitrogen functional groups attached to an aromatic ring is 1. The zero-order valence-electron chi connectivity index (χ0n) is 18.0. The lowest BCUT2D eigenvalue weighted by Gasteiger charge is -2.20. The minimum absolute atomic E-state index is 0.0215. The molecule has 5 rings (SSSR count). The molecule has 1 aliphatic carbocycles. The van der Waals surface area contributed by atoms with Gasteiger partial charge in [-0.3, -0.25) is 4.79 Å². The van der Waals surface area contributed by atoms with E-state index in [1.807, 2.05) is 36.5 Å². The van der Waals surface area contributed by atoms with Crippen molar-refractivity contribution in [3.05, 3.63) is 83.6 Å². The van der Waals surface area contributed by atoms with E-state index in [0.717, 1.165) is 40.4 Å². The zero-order valence-corrected chi connectivity index (χ0v) is 18.0. The van der Waals surface area contributed by atoms with E-state index in [2.05, 4.69) is 35.3 Å². The number of carboxylic acids is 1. The number of nitrogens with one attached hydrogen (secondary N) is 1. The van der Waals surface area contributed by atoms with Gasteiger partial charge < -0.3 is 20.6 Å². The van der Waals surface area contributed by atoms with E-state index in [1.54, 1.807) is 6.92 Å². The maximum absolute atomic E-state index is 11.4. The highest BCUT2D eigenvalue weighted by atomic mass is 16.5. The second-order valence-electron chi connectivity index (χ2n) is 8.70. The number of rotatable bonds is 6. The molecule has 5 heteroatoms. The molecule has 1 aromatic heterocycles. The van der Waals surface area contributed by atoms with Crippen molar-refractivity contribution in [1.82, 2.24) is 4.98 Å². The standard InChI is InChI=1S/C27H26N2O3/c1-16(27(30)31)10-17-11-23(20-6-7-25-21(13-20)8-9-29-25)26(24(28)12-17)32-22-14-18-4-2-3-5-19(18)15-22/h2-9,11-13,16,22,29H,10,14-15,28H2,1H3,(H,30,31). The Labute approximate surface area is 186 Å². The van der Waals surface area contributed by atoms with Crippen molar-refractivity contribution in [1.29, 1.82) is 0 Å². The highest BCUT2D eigenvalue weighted by Gasteiger charge is 2.25. The number of nitrogens with two attached hydrogens (primary N) is 1. The Bertz CT molecular complexity index is 1280. The van der Waals surface area contributed by atoms with E-state index in [1.165, 1.54) is 11.1 Å². The summed E-state index contributed by atoms with van der Waals surface area (Å²) in [6, 6.07) is 20.6. The van der Waals surface area contributed by atoms with Crippen molar-refractivity contribution >= 4 is 22.6 Å². The third-order valence-electron chi connectivity index (χ3n) is 6.30. The highest BCUT2D eigenvalue weighted by molar-refractivity contribution is 5.88. The molecule has 0 bridgehead atoms. The topological polar surface area (TPSA) is 88.3 Å². The van der Waals surface area contributed by atoms with Crippen LogP contribution in [0.4, 0.5) is 5.69 Å². The van der Waals surface area contributed by atoms with Gasteiger partial charge in [0.2, 0.25) is 0 Å². The van der Waals surface area contributed by atoms with Crippen LogP contribution in [0.25, 0.3) is 22.0 Å². The summed E-state index contributed by atoms with van der Waals surface area (Å²) in [6.45, 7) is 1.71. The molecule has 0 aliphatic heterocycles. The fraction of sp³-hybridized carbons (Fsp3) is 0.222. The van der Waals surface area contributed by atoms with Gasteiger partial charge >= 0.3 is 5.97 Å². The Kier molecular flexibility index (Phi) is 5.10. The third kappa shape index (κ3) is 3.82. The van der Waals surface area contributed by atoms with Gasteiger partial charge in [-0.2, -0.15) is 0 Å². The average molecular weight is 427 g/mol. The molecule has 5 nitrogen and oxygen atoms in total. The zero-order chi connectivity index (χ0) is 22.2. The lowest BCUT2D eigenvalue weighted by molar-refractivity contribution is -0.141. The van der Waals surface area contributed by atoms with Crippen LogP contribution in [-0.4, -0.2) is 22.2 Å². The van der Waals surface area contributed by atoms with Gasteiger partial charge in [-0.25, -0.2) is 0 Å². The molecule has 0 saturated carbocycles. The molecular formula is C27H26N2O3. The smallest absolute Gasteiger partial charge is 0.306 e. The molecule has 0 amide bonds. The van der Waals surface area contributed by atoms with Crippen molar-refractivity contribution in [3.8, 4) is 16.9 Å². The molecule has 1 heterocycles. The first kappa shape index (κ1) is 20.2. The molecule has 0 spiro atoms. The summed E-state index contributed by atoms with van der Waals surface area (Å²) in [6.07, 6.45) is 4.05. The summed E-state index contributed by atoms with van der Waals surface area (Å²) in [7, 11) is 0. The summed E-state index contributed by atoms with van der Waals surface area (Å²) in [5.41, 5.74) is 13.5. The SMILES string of the molecule is CC(Cc1cc(N)c(OC2Cc3ccccc3C2)c(-c2ccc3[nH]ccc3c2)c1)C(=O)O. The summed E-state index contributed by atoms with van der Waals surface area (Å²) in [5, 5.41) is 10.5. The first-order valence-corrected chi connectivity index (χ1v) is 10.9. The number of benzene rings is 3. The molecule has 162 valence electrons. The average Bonchev–Trinajstić information content (AvgIpc) is 3.40. The number of aliphatic carboxylic acids is 1. The van der Waals surface area contributed by atoms with Crippen molar-refractivity contribution in [2.45, 2.75) is 32.3 Å². The van der Waals surface area contributed by atoms with Gasteiger partial charge in [0.05, 0.1) is 11.6 Å². The molecular weight excluding hydrogens is 400 g/mol. The molecule has 3 aromatic carbocycles. The summed E-state index contributed by atoms with van der Waals surface area (Å²) < 4.78 is 6.53. The van der Waals surface area contributed by atoms with Crippen LogP contribution < -0.4 is 10.5 Å². The third-order valence-corrected chi connectivity index (χ3v) is 6.30. The van der Waals surface area contributed by atoms with Gasteiger partial charge in [0.1, 0.15) is 11.9 Å². The summed E-state index contributed by atoms with van der Waals surface area (Å²) in [5.74, 6) is -0.641. The Morgan fingerprint density at radius 1 is 1.12 bits per heavy atom. The second kappa shape index (κ2) is 8.08. The first-order valence-electron chi connectivity index (χ1n) is 10.9. The lowest BCUT2D eigenvalue weighted by Crippen LogP contribution is -2.18. The van der Waals surface area contributed by atoms with Crippen LogP contribution in [0.3, 0.4) is 0 Å². The number of fused-ring (bicyclic) bond motifs is 2. The van der Waals surface area contributed by atoms with Crippen LogP contribution in [0, 0.1) is 5.92 Å². The number of hydrogen-bond acceptors (Lipinski definition) is 3. The molecule has 4 aromatic rings. The number of carboxylic acid groups (broad SMARTS) is 1. The molecule has 1 atom stereocenters. The predicted molar refractivity (Wildman–Crippen MR) is 127 cm³/mol. The number of hydrogen-bond donors (Lipinski definition) is 3. The highest BCUT2D eigenvalue weighted by Crippen LogP contribution is 2.40. The van der Waals surface area contributed by atoms with Crippen molar-refractivity contribution in [2.24, 2.45) is 5.92 Å². The van der Waals surface area contributed by atoms with E-state index >= 15 is 0 Å². The summed E-state index contributed by atoms with van der Waals surface area (Å²) >= 11 is 0. The second-order valence-corrected chi connectivity index (χ2v) is 8.70. The van der Waals surface area contributed by atoms with Crippen LogP contribution in [-0.2, 0) is 24.1 Å². The van der Waals surface area contributed by atoms with E-state index < -0.39 is 11.9 Å². The maximum Gasteiger partial charge on any atom is 0.306 e. The van der Waals surface area contributed by atoms with Gasteiger partial charge in [-0.15, -0.1) is 0 Å². The number of aromatic amines is 1. The molecule has 0 saturated heterocycles.